The van der Waals surface area contributed by atoms with Crippen LogP contribution in [0.15, 0.2) is 35.8 Å². The Kier molecular flexibility index (Phi) is 9.43. The molecule has 0 amide bonds. The summed E-state index contributed by atoms with van der Waals surface area (Å²) in [6.07, 6.45) is 8.64. The third-order valence-electron chi connectivity index (χ3n) is 3.42. The van der Waals surface area contributed by atoms with Gasteiger partial charge in [0.05, 0.1) is 6.54 Å². The standard InChI is InChI=1S/C16H27N7.HI/c1-14(2)13-22-11-8-18-15(22)12-20-16(17-3)19-6-4-9-23-10-5-7-21-23;/h5,7-8,10-11,14H,4,6,9,12-13H2,1-3H3,(H2,17,19,20);1H. The summed E-state index contributed by atoms with van der Waals surface area (Å²) in [4.78, 5) is 8.66. The van der Waals surface area contributed by atoms with E-state index in [4.69, 9.17) is 0 Å². The molecule has 0 aromatic carbocycles. The van der Waals surface area contributed by atoms with Crippen molar-refractivity contribution in [2.24, 2.45) is 10.9 Å². The van der Waals surface area contributed by atoms with Gasteiger partial charge in [-0.15, -0.1) is 24.0 Å². The molecule has 0 unspecified atom stereocenters. The highest BCUT2D eigenvalue weighted by Crippen LogP contribution is 2.03. The van der Waals surface area contributed by atoms with Gasteiger partial charge in [-0.3, -0.25) is 9.67 Å². The SMILES string of the molecule is CN=C(NCCCn1cccn1)NCc1nccn1CC(C)C.I. The lowest BCUT2D eigenvalue weighted by atomic mass is 10.2. The largest absolute Gasteiger partial charge is 0.356 e. The highest BCUT2D eigenvalue weighted by Gasteiger charge is 2.05. The molecule has 2 N–H and O–H groups in total. The van der Waals surface area contributed by atoms with Gasteiger partial charge in [0.1, 0.15) is 5.82 Å². The second-order valence-electron chi connectivity index (χ2n) is 5.86. The van der Waals surface area contributed by atoms with Gasteiger partial charge in [0.25, 0.3) is 0 Å². The summed E-state index contributed by atoms with van der Waals surface area (Å²) in [5.74, 6) is 2.42. The topological polar surface area (TPSA) is 72.1 Å². The molecule has 0 radical (unpaired) electrons. The third-order valence-corrected chi connectivity index (χ3v) is 3.42. The number of halogens is 1. The predicted octanol–water partition coefficient (Wildman–Crippen LogP) is 2.11. The molecular formula is C16H28IN7. The molecule has 2 rings (SSSR count). The summed E-state index contributed by atoms with van der Waals surface area (Å²) in [5, 5.41) is 10.8. The van der Waals surface area contributed by atoms with Gasteiger partial charge in [0.2, 0.25) is 0 Å². The molecule has 0 aliphatic carbocycles. The second kappa shape index (κ2) is 11.1. The van der Waals surface area contributed by atoms with Crippen molar-refractivity contribution in [3.63, 3.8) is 0 Å². The second-order valence-corrected chi connectivity index (χ2v) is 5.86. The molecule has 2 aromatic heterocycles. The van der Waals surface area contributed by atoms with Crippen LogP contribution < -0.4 is 10.6 Å². The Labute approximate surface area is 161 Å². The molecule has 0 bridgehead atoms. The van der Waals surface area contributed by atoms with Gasteiger partial charge in [0.15, 0.2) is 5.96 Å². The van der Waals surface area contributed by atoms with Crippen molar-refractivity contribution in [2.45, 2.75) is 39.9 Å². The van der Waals surface area contributed by atoms with Gasteiger partial charge in [-0.25, -0.2) is 4.98 Å². The van der Waals surface area contributed by atoms with E-state index in [2.05, 4.69) is 44.1 Å². The first-order valence-electron chi connectivity index (χ1n) is 8.11. The fourth-order valence-electron chi connectivity index (χ4n) is 2.33. The Balaban J connectivity index is 0.00000288. The van der Waals surface area contributed by atoms with Crippen molar-refractivity contribution in [3.05, 3.63) is 36.7 Å². The fourth-order valence-corrected chi connectivity index (χ4v) is 2.33. The molecule has 0 atom stereocenters. The van der Waals surface area contributed by atoms with E-state index >= 15 is 0 Å². The first kappa shape index (κ1) is 20.5. The van der Waals surface area contributed by atoms with Gasteiger partial charge in [-0.05, 0) is 18.4 Å². The van der Waals surface area contributed by atoms with Crippen LogP contribution in [-0.2, 0) is 19.6 Å². The number of hydrogen-bond donors (Lipinski definition) is 2. The first-order valence-corrected chi connectivity index (χ1v) is 8.11. The maximum atomic E-state index is 4.41. The van der Waals surface area contributed by atoms with E-state index in [1.165, 1.54) is 0 Å². The van der Waals surface area contributed by atoms with Crippen molar-refractivity contribution in [3.8, 4) is 0 Å². The summed E-state index contributed by atoms with van der Waals surface area (Å²) >= 11 is 0. The molecule has 134 valence electrons. The van der Waals surface area contributed by atoms with Crippen LogP contribution >= 0.6 is 24.0 Å². The first-order chi connectivity index (χ1) is 11.2. The van der Waals surface area contributed by atoms with E-state index in [1.54, 1.807) is 13.2 Å². The lowest BCUT2D eigenvalue weighted by Gasteiger charge is -2.14. The lowest BCUT2D eigenvalue weighted by molar-refractivity contribution is 0.503. The van der Waals surface area contributed by atoms with Crippen LogP contribution in [0, 0.1) is 5.92 Å². The summed E-state index contributed by atoms with van der Waals surface area (Å²) < 4.78 is 4.11. The van der Waals surface area contributed by atoms with Crippen LogP contribution in [0.5, 0.6) is 0 Å². The Hall–Kier alpha value is -1.58. The number of rotatable bonds is 8. The molecule has 0 spiro atoms. The molecular weight excluding hydrogens is 417 g/mol. The minimum absolute atomic E-state index is 0. The maximum Gasteiger partial charge on any atom is 0.191 e. The molecule has 2 aromatic rings. The van der Waals surface area contributed by atoms with Gasteiger partial charge in [0, 0.05) is 51.5 Å². The van der Waals surface area contributed by atoms with Gasteiger partial charge in [-0.2, -0.15) is 5.10 Å². The minimum Gasteiger partial charge on any atom is -0.356 e. The van der Waals surface area contributed by atoms with E-state index in [9.17, 15) is 0 Å². The van der Waals surface area contributed by atoms with E-state index in [-0.39, 0.29) is 24.0 Å². The molecule has 0 aliphatic rings. The van der Waals surface area contributed by atoms with E-state index in [0.29, 0.717) is 12.5 Å². The lowest BCUT2D eigenvalue weighted by Crippen LogP contribution is -2.38. The zero-order valence-electron chi connectivity index (χ0n) is 14.6. The summed E-state index contributed by atoms with van der Waals surface area (Å²) in [7, 11) is 1.78. The van der Waals surface area contributed by atoms with Crippen molar-refractivity contribution < 1.29 is 0 Å². The van der Waals surface area contributed by atoms with Crippen LogP contribution in [0.1, 0.15) is 26.1 Å². The normalized spacial score (nSPS) is 11.4. The molecule has 24 heavy (non-hydrogen) atoms. The summed E-state index contributed by atoms with van der Waals surface area (Å²) in [6.45, 7) is 7.80. The molecule has 7 nitrogen and oxygen atoms in total. The van der Waals surface area contributed by atoms with Gasteiger partial charge >= 0.3 is 0 Å². The van der Waals surface area contributed by atoms with Crippen molar-refractivity contribution >= 4 is 29.9 Å². The highest BCUT2D eigenvalue weighted by molar-refractivity contribution is 14.0. The summed E-state index contributed by atoms with van der Waals surface area (Å²) in [5.41, 5.74) is 0. The predicted molar refractivity (Wildman–Crippen MR) is 108 cm³/mol. The number of aliphatic imine (C=N–C) groups is 1. The Bertz CT molecular complexity index is 589. The average Bonchev–Trinajstić information content (AvgIpc) is 3.18. The molecule has 0 saturated heterocycles. The number of guanidine groups is 1. The van der Waals surface area contributed by atoms with E-state index < -0.39 is 0 Å². The maximum absolute atomic E-state index is 4.41. The van der Waals surface area contributed by atoms with Crippen molar-refractivity contribution in [2.75, 3.05) is 13.6 Å². The smallest absolute Gasteiger partial charge is 0.191 e. The van der Waals surface area contributed by atoms with Crippen molar-refractivity contribution in [1.82, 2.24) is 30.0 Å². The molecule has 0 saturated carbocycles. The van der Waals surface area contributed by atoms with Crippen LogP contribution in [0.4, 0.5) is 0 Å². The van der Waals surface area contributed by atoms with E-state index in [0.717, 1.165) is 37.8 Å². The number of imidazole rings is 1. The Morgan fingerprint density at radius 3 is 2.75 bits per heavy atom. The Morgan fingerprint density at radius 1 is 1.25 bits per heavy atom. The molecule has 0 aliphatic heterocycles. The highest BCUT2D eigenvalue weighted by atomic mass is 127. The average molecular weight is 445 g/mol. The summed E-state index contributed by atoms with van der Waals surface area (Å²) in [6, 6.07) is 1.94. The van der Waals surface area contributed by atoms with Crippen LogP contribution in [-0.4, -0.2) is 38.9 Å². The van der Waals surface area contributed by atoms with E-state index in [1.807, 2.05) is 29.3 Å². The zero-order chi connectivity index (χ0) is 16.5. The monoisotopic (exact) mass is 445 g/mol. The zero-order valence-corrected chi connectivity index (χ0v) is 17.0. The molecule has 2 heterocycles. The number of nitrogens with zero attached hydrogens (tertiary/aromatic N) is 5. The number of hydrogen-bond acceptors (Lipinski definition) is 3. The van der Waals surface area contributed by atoms with Crippen LogP contribution in [0.25, 0.3) is 0 Å². The third kappa shape index (κ3) is 6.90. The quantitative estimate of drug-likeness (QED) is 0.283. The molecule has 8 heteroatoms. The Morgan fingerprint density at radius 2 is 2.08 bits per heavy atom. The molecule has 0 fully saturated rings. The van der Waals surface area contributed by atoms with Gasteiger partial charge in [-0.1, -0.05) is 13.8 Å². The van der Waals surface area contributed by atoms with Crippen LogP contribution in [0.3, 0.4) is 0 Å². The van der Waals surface area contributed by atoms with Gasteiger partial charge < -0.3 is 15.2 Å². The van der Waals surface area contributed by atoms with Crippen molar-refractivity contribution in [1.29, 1.82) is 0 Å². The minimum atomic E-state index is 0. The number of aryl methyl sites for hydroxylation is 1. The van der Waals surface area contributed by atoms with Crippen LogP contribution in [0.2, 0.25) is 0 Å². The fraction of sp³-hybridized carbons (Fsp3) is 0.562. The number of nitrogens with one attached hydrogen (secondary N) is 2. The number of aromatic nitrogens is 4.